The standard InChI is InChI=1S/C14H13BrN3/c1-9-3-4-12-13(5-9)17-14(16-12)10-6-11(15)8-18(2)7-10/h3-8H,1-2H3,(H,16,17)/q+1. The molecule has 2 heterocycles. The molecule has 0 saturated heterocycles. The van der Waals surface area contributed by atoms with Crippen LogP contribution in [0.15, 0.2) is 41.1 Å². The van der Waals surface area contributed by atoms with E-state index in [1.54, 1.807) is 0 Å². The fraction of sp³-hybridized carbons (Fsp3) is 0.143. The molecule has 1 aromatic carbocycles. The largest absolute Gasteiger partial charge is 0.338 e. The van der Waals surface area contributed by atoms with E-state index in [1.807, 2.05) is 23.9 Å². The van der Waals surface area contributed by atoms with Gasteiger partial charge in [0.2, 0.25) is 0 Å². The number of pyridine rings is 1. The molecule has 0 aliphatic heterocycles. The van der Waals surface area contributed by atoms with Crippen molar-refractivity contribution in [3.8, 4) is 11.4 Å². The minimum absolute atomic E-state index is 0.896. The minimum atomic E-state index is 0.896. The first-order valence-corrected chi connectivity index (χ1v) is 6.54. The molecule has 1 N–H and O–H groups in total. The molecule has 0 amide bonds. The van der Waals surface area contributed by atoms with E-state index in [0.29, 0.717) is 0 Å². The number of rotatable bonds is 1. The molecule has 0 spiro atoms. The summed E-state index contributed by atoms with van der Waals surface area (Å²) in [6.45, 7) is 2.08. The molecule has 0 aliphatic carbocycles. The first kappa shape index (κ1) is 11.4. The van der Waals surface area contributed by atoms with Crippen LogP contribution in [0.3, 0.4) is 0 Å². The zero-order valence-corrected chi connectivity index (χ0v) is 11.8. The quantitative estimate of drug-likeness (QED) is 0.688. The van der Waals surface area contributed by atoms with Crippen LogP contribution in [0.2, 0.25) is 0 Å². The van der Waals surface area contributed by atoms with Crippen LogP contribution < -0.4 is 4.57 Å². The van der Waals surface area contributed by atoms with Crippen LogP contribution in [0.1, 0.15) is 5.56 Å². The SMILES string of the molecule is Cc1ccc2nc(-c3cc(Br)c[n+](C)c3)[nH]c2c1. The lowest BCUT2D eigenvalue weighted by Gasteiger charge is -1.95. The van der Waals surface area contributed by atoms with Gasteiger partial charge in [0.15, 0.2) is 12.4 Å². The van der Waals surface area contributed by atoms with E-state index in [1.165, 1.54) is 5.56 Å². The second kappa shape index (κ2) is 4.21. The number of imidazole rings is 1. The van der Waals surface area contributed by atoms with Gasteiger partial charge in [0, 0.05) is 0 Å². The third-order valence-electron chi connectivity index (χ3n) is 2.87. The minimum Gasteiger partial charge on any atom is -0.338 e. The van der Waals surface area contributed by atoms with Gasteiger partial charge >= 0.3 is 0 Å². The van der Waals surface area contributed by atoms with Gasteiger partial charge in [-0.2, -0.15) is 0 Å². The lowest BCUT2D eigenvalue weighted by Crippen LogP contribution is -2.26. The van der Waals surface area contributed by atoms with E-state index in [9.17, 15) is 0 Å². The van der Waals surface area contributed by atoms with E-state index in [0.717, 1.165) is 26.9 Å². The molecule has 3 nitrogen and oxygen atoms in total. The summed E-state index contributed by atoms with van der Waals surface area (Å²) in [6.07, 6.45) is 4.06. The Bertz CT molecular complexity index is 711. The van der Waals surface area contributed by atoms with E-state index in [2.05, 4.69) is 57.2 Å². The van der Waals surface area contributed by atoms with Crippen molar-refractivity contribution in [2.75, 3.05) is 0 Å². The van der Waals surface area contributed by atoms with Crippen molar-refractivity contribution >= 4 is 27.0 Å². The topological polar surface area (TPSA) is 32.6 Å². The summed E-state index contributed by atoms with van der Waals surface area (Å²) >= 11 is 3.50. The normalized spacial score (nSPS) is 11.1. The summed E-state index contributed by atoms with van der Waals surface area (Å²) in [7, 11) is 2.00. The van der Waals surface area contributed by atoms with Crippen LogP contribution in [-0.4, -0.2) is 9.97 Å². The predicted molar refractivity (Wildman–Crippen MR) is 75.1 cm³/mol. The van der Waals surface area contributed by atoms with Crippen LogP contribution in [0.4, 0.5) is 0 Å². The molecule has 0 bridgehead atoms. The Balaban J connectivity index is 2.19. The van der Waals surface area contributed by atoms with E-state index < -0.39 is 0 Å². The van der Waals surface area contributed by atoms with Gasteiger partial charge in [-0.3, -0.25) is 0 Å². The molecular weight excluding hydrogens is 290 g/mol. The average molecular weight is 303 g/mol. The van der Waals surface area contributed by atoms with Gasteiger partial charge in [-0.1, -0.05) is 6.07 Å². The Morgan fingerprint density at radius 1 is 1.22 bits per heavy atom. The Labute approximate surface area is 114 Å². The Hall–Kier alpha value is -1.68. The highest BCUT2D eigenvalue weighted by molar-refractivity contribution is 9.10. The molecule has 2 aromatic heterocycles. The Kier molecular flexibility index (Phi) is 2.67. The van der Waals surface area contributed by atoms with Crippen LogP contribution >= 0.6 is 15.9 Å². The van der Waals surface area contributed by atoms with Gasteiger partial charge in [-0.05, 0) is 46.6 Å². The molecule has 0 saturated carbocycles. The molecule has 3 aromatic rings. The van der Waals surface area contributed by atoms with Gasteiger partial charge in [0.05, 0.1) is 21.1 Å². The van der Waals surface area contributed by atoms with Gasteiger partial charge < -0.3 is 4.98 Å². The average Bonchev–Trinajstić information content (AvgIpc) is 2.70. The Morgan fingerprint density at radius 2 is 2.06 bits per heavy atom. The van der Waals surface area contributed by atoms with E-state index >= 15 is 0 Å². The van der Waals surface area contributed by atoms with E-state index in [4.69, 9.17) is 0 Å². The van der Waals surface area contributed by atoms with Crippen molar-refractivity contribution in [3.05, 3.63) is 46.7 Å². The zero-order valence-electron chi connectivity index (χ0n) is 10.2. The molecular formula is C14H13BrN3+. The van der Waals surface area contributed by atoms with Crippen molar-refractivity contribution in [2.45, 2.75) is 6.92 Å². The number of fused-ring (bicyclic) bond motifs is 1. The third-order valence-corrected chi connectivity index (χ3v) is 3.31. The fourth-order valence-electron chi connectivity index (χ4n) is 2.06. The van der Waals surface area contributed by atoms with Crippen molar-refractivity contribution < 1.29 is 4.57 Å². The summed E-state index contributed by atoms with van der Waals surface area (Å²) in [6, 6.07) is 8.30. The first-order valence-electron chi connectivity index (χ1n) is 5.74. The van der Waals surface area contributed by atoms with Crippen molar-refractivity contribution in [1.82, 2.24) is 9.97 Å². The molecule has 3 rings (SSSR count). The molecule has 18 heavy (non-hydrogen) atoms. The highest BCUT2D eigenvalue weighted by Gasteiger charge is 2.09. The van der Waals surface area contributed by atoms with Crippen LogP contribution in [0.5, 0.6) is 0 Å². The maximum Gasteiger partial charge on any atom is 0.182 e. The number of hydrogen-bond donors (Lipinski definition) is 1. The van der Waals surface area contributed by atoms with Crippen LogP contribution in [0, 0.1) is 6.92 Å². The summed E-state index contributed by atoms with van der Waals surface area (Å²) in [4.78, 5) is 7.98. The number of nitrogens with one attached hydrogen (secondary N) is 1. The van der Waals surface area contributed by atoms with Crippen LogP contribution in [0.25, 0.3) is 22.4 Å². The number of aromatic amines is 1. The van der Waals surface area contributed by atoms with Crippen molar-refractivity contribution in [2.24, 2.45) is 7.05 Å². The van der Waals surface area contributed by atoms with Gasteiger partial charge in [0.25, 0.3) is 0 Å². The van der Waals surface area contributed by atoms with Crippen molar-refractivity contribution in [3.63, 3.8) is 0 Å². The highest BCUT2D eigenvalue weighted by Crippen LogP contribution is 2.22. The van der Waals surface area contributed by atoms with Crippen LogP contribution in [-0.2, 0) is 7.05 Å². The number of aromatic nitrogens is 3. The van der Waals surface area contributed by atoms with E-state index in [-0.39, 0.29) is 0 Å². The predicted octanol–water partition coefficient (Wildman–Crippen LogP) is 3.13. The first-order chi connectivity index (χ1) is 8.61. The molecule has 0 atom stereocenters. The maximum atomic E-state index is 4.62. The molecule has 4 heteroatoms. The lowest BCUT2D eigenvalue weighted by molar-refractivity contribution is -0.671. The van der Waals surface area contributed by atoms with Crippen molar-refractivity contribution in [1.29, 1.82) is 0 Å². The highest BCUT2D eigenvalue weighted by atomic mass is 79.9. The zero-order chi connectivity index (χ0) is 12.7. The summed E-state index contributed by atoms with van der Waals surface area (Å²) in [5.41, 5.74) is 4.38. The lowest BCUT2D eigenvalue weighted by atomic mass is 10.2. The van der Waals surface area contributed by atoms with Gasteiger partial charge in [-0.25, -0.2) is 9.55 Å². The molecule has 0 unspecified atom stereocenters. The third kappa shape index (κ3) is 2.04. The number of aryl methyl sites for hydroxylation is 2. The second-order valence-electron chi connectivity index (χ2n) is 4.51. The number of nitrogens with zero attached hydrogens (tertiary/aromatic N) is 2. The molecule has 0 radical (unpaired) electrons. The molecule has 0 aliphatic rings. The summed E-state index contributed by atoms with van der Waals surface area (Å²) in [5, 5.41) is 0. The van der Waals surface area contributed by atoms with Gasteiger partial charge in [0.1, 0.15) is 12.9 Å². The monoisotopic (exact) mass is 302 g/mol. The Morgan fingerprint density at radius 3 is 2.83 bits per heavy atom. The smallest absolute Gasteiger partial charge is 0.182 e. The number of halogens is 1. The summed E-state index contributed by atoms with van der Waals surface area (Å²) < 4.78 is 3.05. The number of H-pyrrole nitrogens is 1. The molecule has 0 fully saturated rings. The maximum absolute atomic E-state index is 4.62. The number of benzene rings is 1. The summed E-state index contributed by atoms with van der Waals surface area (Å²) in [5.74, 6) is 0.896. The number of hydrogen-bond acceptors (Lipinski definition) is 1. The second-order valence-corrected chi connectivity index (χ2v) is 5.43. The van der Waals surface area contributed by atoms with Gasteiger partial charge in [-0.15, -0.1) is 0 Å². The molecule has 90 valence electrons. The fourth-order valence-corrected chi connectivity index (χ4v) is 2.63.